The molecule has 0 radical (unpaired) electrons. The largest absolute Gasteiger partial charge is 0.339 e. The van der Waals surface area contributed by atoms with E-state index in [-0.39, 0.29) is 6.04 Å². The molecule has 3 fully saturated rings. The van der Waals surface area contributed by atoms with Crippen molar-refractivity contribution in [1.82, 2.24) is 15.1 Å². The average molecular weight is 293 g/mol. The number of carbonyl (C=O) groups is 1. The van der Waals surface area contributed by atoms with Crippen LogP contribution in [0.4, 0.5) is 0 Å². The van der Waals surface area contributed by atoms with E-state index in [9.17, 15) is 4.79 Å². The molecule has 1 saturated carbocycles. The average Bonchev–Trinajstić information content (AvgIpc) is 2.54. The fourth-order valence-corrected chi connectivity index (χ4v) is 4.37. The van der Waals surface area contributed by atoms with Gasteiger partial charge in [-0.3, -0.25) is 9.69 Å². The minimum Gasteiger partial charge on any atom is -0.339 e. The van der Waals surface area contributed by atoms with E-state index in [1.165, 1.54) is 32.1 Å². The number of nitrogens with zero attached hydrogens (tertiary/aromatic N) is 2. The highest BCUT2D eigenvalue weighted by atomic mass is 16.2. The summed E-state index contributed by atoms with van der Waals surface area (Å²) in [6, 6.07) is 1.30. The molecule has 4 heteroatoms. The molecule has 2 saturated heterocycles. The summed E-state index contributed by atoms with van der Waals surface area (Å²) < 4.78 is 0. The number of amides is 1. The molecule has 120 valence electrons. The molecule has 1 aliphatic carbocycles. The van der Waals surface area contributed by atoms with Crippen molar-refractivity contribution in [2.45, 2.75) is 70.5 Å². The molecule has 2 aliphatic heterocycles. The van der Waals surface area contributed by atoms with E-state index in [2.05, 4.69) is 29.0 Å². The Kier molecular flexibility index (Phi) is 4.85. The van der Waals surface area contributed by atoms with Crippen molar-refractivity contribution in [3.63, 3.8) is 0 Å². The first-order valence-corrected chi connectivity index (χ1v) is 8.94. The van der Waals surface area contributed by atoms with Gasteiger partial charge in [0.2, 0.25) is 5.91 Å². The van der Waals surface area contributed by atoms with Gasteiger partial charge in [0.05, 0.1) is 6.04 Å². The molecule has 0 bridgehead atoms. The molecule has 0 aromatic heterocycles. The Labute approximate surface area is 129 Å². The van der Waals surface area contributed by atoms with Crippen LogP contribution in [-0.2, 0) is 4.79 Å². The van der Waals surface area contributed by atoms with Crippen LogP contribution in [0.3, 0.4) is 0 Å². The highest BCUT2D eigenvalue weighted by Gasteiger charge is 2.36. The molecule has 0 aromatic carbocycles. The van der Waals surface area contributed by atoms with E-state index < -0.39 is 0 Å². The number of rotatable bonds is 2. The van der Waals surface area contributed by atoms with E-state index in [1.54, 1.807) is 0 Å². The monoisotopic (exact) mass is 293 g/mol. The highest BCUT2D eigenvalue weighted by molar-refractivity contribution is 5.82. The van der Waals surface area contributed by atoms with Gasteiger partial charge < -0.3 is 10.2 Å². The summed E-state index contributed by atoms with van der Waals surface area (Å²) >= 11 is 0. The first-order chi connectivity index (χ1) is 10.1. The summed E-state index contributed by atoms with van der Waals surface area (Å²) in [7, 11) is 0. The van der Waals surface area contributed by atoms with E-state index >= 15 is 0 Å². The first-order valence-electron chi connectivity index (χ1n) is 8.94. The molecule has 3 aliphatic rings. The topological polar surface area (TPSA) is 35.6 Å². The van der Waals surface area contributed by atoms with Crippen molar-refractivity contribution in [1.29, 1.82) is 0 Å². The quantitative estimate of drug-likeness (QED) is 0.844. The number of hydrogen-bond donors (Lipinski definition) is 1. The number of hydrogen-bond acceptors (Lipinski definition) is 3. The Hall–Kier alpha value is -0.610. The van der Waals surface area contributed by atoms with Crippen LogP contribution in [-0.4, -0.2) is 60.0 Å². The Morgan fingerprint density at radius 2 is 1.71 bits per heavy atom. The summed E-state index contributed by atoms with van der Waals surface area (Å²) in [5.41, 5.74) is 0. The predicted octanol–water partition coefficient (Wildman–Crippen LogP) is 1.85. The molecule has 3 atom stereocenters. The van der Waals surface area contributed by atoms with Crippen molar-refractivity contribution < 1.29 is 4.79 Å². The summed E-state index contributed by atoms with van der Waals surface area (Å²) in [5, 5.41) is 3.68. The van der Waals surface area contributed by atoms with Gasteiger partial charge in [0.25, 0.3) is 0 Å². The second-order valence-corrected chi connectivity index (χ2v) is 7.40. The van der Waals surface area contributed by atoms with Crippen molar-refractivity contribution in [3.05, 3.63) is 0 Å². The van der Waals surface area contributed by atoms with Crippen LogP contribution in [0.15, 0.2) is 0 Å². The minimum atomic E-state index is 0.0925. The Bertz CT molecular complexity index is 363. The van der Waals surface area contributed by atoms with Gasteiger partial charge in [0.15, 0.2) is 0 Å². The lowest BCUT2D eigenvalue weighted by molar-refractivity contribution is -0.137. The third kappa shape index (κ3) is 3.42. The van der Waals surface area contributed by atoms with Gasteiger partial charge in [0.1, 0.15) is 0 Å². The van der Waals surface area contributed by atoms with Crippen LogP contribution in [0.5, 0.6) is 0 Å². The smallest absolute Gasteiger partial charge is 0.239 e. The molecule has 0 aromatic rings. The maximum atomic E-state index is 12.7. The number of piperazine rings is 1. The van der Waals surface area contributed by atoms with Crippen molar-refractivity contribution in [2.24, 2.45) is 5.92 Å². The normalized spacial score (nSPS) is 34.8. The fraction of sp³-hybridized carbons (Fsp3) is 0.941. The minimum absolute atomic E-state index is 0.0925. The predicted molar refractivity (Wildman–Crippen MR) is 85.2 cm³/mol. The second-order valence-electron chi connectivity index (χ2n) is 7.40. The number of nitrogens with one attached hydrogen (secondary N) is 1. The number of fused-ring (bicyclic) bond motifs is 1. The van der Waals surface area contributed by atoms with Crippen LogP contribution in [0, 0.1) is 5.92 Å². The van der Waals surface area contributed by atoms with Crippen molar-refractivity contribution in [3.8, 4) is 0 Å². The summed E-state index contributed by atoms with van der Waals surface area (Å²) in [4.78, 5) is 17.3. The summed E-state index contributed by atoms with van der Waals surface area (Å²) in [6.07, 6.45) is 7.66. The van der Waals surface area contributed by atoms with Crippen LogP contribution in [0.25, 0.3) is 0 Å². The molecule has 0 spiro atoms. The lowest BCUT2D eigenvalue weighted by Gasteiger charge is -2.43. The molecular formula is C17H31N3O. The lowest BCUT2D eigenvalue weighted by atomic mass is 9.77. The maximum Gasteiger partial charge on any atom is 0.239 e. The van der Waals surface area contributed by atoms with Gasteiger partial charge in [-0.05, 0) is 45.4 Å². The molecule has 2 heterocycles. The Morgan fingerprint density at radius 1 is 1.00 bits per heavy atom. The third-order valence-electron chi connectivity index (χ3n) is 5.80. The SMILES string of the molecule is CC(C)N1CCN(C(=O)C2CCC3CCCCC3N2)CC1. The van der Waals surface area contributed by atoms with Crippen LogP contribution in [0.1, 0.15) is 52.4 Å². The molecule has 1 amide bonds. The highest BCUT2D eigenvalue weighted by Crippen LogP contribution is 2.32. The van der Waals surface area contributed by atoms with E-state index in [0.717, 1.165) is 38.5 Å². The maximum absolute atomic E-state index is 12.7. The van der Waals surface area contributed by atoms with Gasteiger partial charge in [-0.25, -0.2) is 0 Å². The van der Waals surface area contributed by atoms with E-state index in [4.69, 9.17) is 0 Å². The van der Waals surface area contributed by atoms with Crippen molar-refractivity contribution >= 4 is 5.91 Å². The summed E-state index contributed by atoms with van der Waals surface area (Å²) in [6.45, 7) is 8.35. The van der Waals surface area contributed by atoms with E-state index in [1.807, 2.05) is 0 Å². The van der Waals surface area contributed by atoms with Gasteiger partial charge in [-0.1, -0.05) is 12.8 Å². The van der Waals surface area contributed by atoms with Gasteiger partial charge in [0, 0.05) is 38.3 Å². The molecule has 1 N–H and O–H groups in total. The molecule has 4 nitrogen and oxygen atoms in total. The van der Waals surface area contributed by atoms with Gasteiger partial charge >= 0.3 is 0 Å². The zero-order valence-electron chi connectivity index (χ0n) is 13.7. The molecule has 3 unspecified atom stereocenters. The van der Waals surface area contributed by atoms with E-state index in [0.29, 0.717) is 18.0 Å². The van der Waals surface area contributed by atoms with Crippen LogP contribution < -0.4 is 5.32 Å². The molecule has 3 rings (SSSR count). The third-order valence-corrected chi connectivity index (χ3v) is 5.80. The molecular weight excluding hydrogens is 262 g/mol. The van der Waals surface area contributed by atoms with Crippen LogP contribution in [0.2, 0.25) is 0 Å². The zero-order chi connectivity index (χ0) is 14.8. The lowest BCUT2D eigenvalue weighted by Crippen LogP contribution is -2.59. The Morgan fingerprint density at radius 3 is 2.43 bits per heavy atom. The number of carbonyl (C=O) groups excluding carboxylic acids is 1. The zero-order valence-corrected chi connectivity index (χ0v) is 13.7. The standard InChI is InChI=1S/C17H31N3O/c1-13(2)19-9-11-20(12-10-19)17(21)16-8-7-14-5-3-4-6-15(14)18-16/h13-16,18H,3-12H2,1-2H3. The number of piperidine rings is 1. The van der Waals surface area contributed by atoms with Gasteiger partial charge in [-0.15, -0.1) is 0 Å². The summed E-state index contributed by atoms with van der Waals surface area (Å²) in [5.74, 6) is 1.20. The molecule has 21 heavy (non-hydrogen) atoms. The fourth-order valence-electron chi connectivity index (χ4n) is 4.37. The second kappa shape index (κ2) is 6.66. The van der Waals surface area contributed by atoms with Crippen LogP contribution >= 0.6 is 0 Å². The van der Waals surface area contributed by atoms with Crippen molar-refractivity contribution in [2.75, 3.05) is 26.2 Å². The Balaban J connectivity index is 1.52. The van der Waals surface area contributed by atoms with Gasteiger partial charge in [-0.2, -0.15) is 0 Å². The first kappa shape index (κ1) is 15.3.